The summed E-state index contributed by atoms with van der Waals surface area (Å²) in [5.41, 5.74) is 13.9. The van der Waals surface area contributed by atoms with Gasteiger partial charge in [0.05, 0.1) is 11.6 Å². The molecular formula is C15H16Cl2N2. The maximum Gasteiger partial charge on any atom is 0.0576 e. The Morgan fingerprint density at radius 3 is 1.79 bits per heavy atom. The molecule has 0 aliphatic rings. The zero-order chi connectivity index (χ0) is 14.0. The van der Waals surface area contributed by atoms with Crippen molar-refractivity contribution in [3.63, 3.8) is 0 Å². The van der Waals surface area contributed by atoms with Gasteiger partial charge in [0, 0.05) is 10.0 Å². The van der Waals surface area contributed by atoms with Crippen LogP contribution in [-0.2, 0) is 5.54 Å². The fourth-order valence-electron chi connectivity index (χ4n) is 2.00. The van der Waals surface area contributed by atoms with Crippen molar-refractivity contribution in [2.75, 3.05) is 0 Å². The van der Waals surface area contributed by atoms with E-state index in [2.05, 4.69) is 0 Å². The SMILES string of the molecule is C[C@](N)(c1ccc(Cl)cc1)[C@H](N)c1ccc(Cl)cc1. The van der Waals surface area contributed by atoms with Gasteiger partial charge in [-0.3, -0.25) is 0 Å². The zero-order valence-corrected chi connectivity index (χ0v) is 12.1. The summed E-state index contributed by atoms with van der Waals surface area (Å²) in [5, 5.41) is 1.36. The first kappa shape index (κ1) is 14.4. The molecule has 4 N–H and O–H groups in total. The van der Waals surface area contributed by atoms with Crippen LogP contribution in [0.25, 0.3) is 0 Å². The van der Waals surface area contributed by atoms with E-state index in [9.17, 15) is 0 Å². The fourth-order valence-corrected chi connectivity index (χ4v) is 2.26. The Kier molecular flexibility index (Phi) is 4.16. The Morgan fingerprint density at radius 1 is 0.895 bits per heavy atom. The predicted molar refractivity (Wildman–Crippen MR) is 81.4 cm³/mol. The van der Waals surface area contributed by atoms with Crippen molar-refractivity contribution in [3.8, 4) is 0 Å². The van der Waals surface area contributed by atoms with Crippen LogP contribution in [0.5, 0.6) is 0 Å². The summed E-state index contributed by atoms with van der Waals surface area (Å²) in [5.74, 6) is 0. The molecule has 2 aromatic carbocycles. The monoisotopic (exact) mass is 294 g/mol. The van der Waals surface area contributed by atoms with Gasteiger partial charge in [-0.15, -0.1) is 0 Å². The molecule has 0 aromatic heterocycles. The second-order valence-electron chi connectivity index (χ2n) is 4.82. The van der Waals surface area contributed by atoms with Crippen molar-refractivity contribution in [3.05, 3.63) is 69.7 Å². The minimum Gasteiger partial charge on any atom is -0.322 e. The van der Waals surface area contributed by atoms with Crippen molar-refractivity contribution < 1.29 is 0 Å². The van der Waals surface area contributed by atoms with Crippen LogP contribution in [-0.4, -0.2) is 0 Å². The number of nitrogens with two attached hydrogens (primary N) is 2. The van der Waals surface area contributed by atoms with Crippen molar-refractivity contribution in [1.82, 2.24) is 0 Å². The third-order valence-corrected chi connectivity index (χ3v) is 3.85. The van der Waals surface area contributed by atoms with E-state index < -0.39 is 5.54 Å². The van der Waals surface area contributed by atoms with Gasteiger partial charge in [-0.05, 0) is 42.3 Å². The van der Waals surface area contributed by atoms with Gasteiger partial charge < -0.3 is 11.5 Å². The van der Waals surface area contributed by atoms with E-state index in [-0.39, 0.29) is 6.04 Å². The lowest BCUT2D eigenvalue weighted by molar-refractivity contribution is 0.397. The molecule has 2 nitrogen and oxygen atoms in total. The van der Waals surface area contributed by atoms with Crippen LogP contribution >= 0.6 is 23.2 Å². The normalized spacial score (nSPS) is 15.8. The highest BCUT2D eigenvalue weighted by Crippen LogP contribution is 2.31. The Morgan fingerprint density at radius 2 is 1.32 bits per heavy atom. The highest BCUT2D eigenvalue weighted by molar-refractivity contribution is 6.30. The molecule has 4 heteroatoms. The molecule has 0 radical (unpaired) electrons. The summed E-state index contributed by atoms with van der Waals surface area (Å²) < 4.78 is 0. The molecule has 19 heavy (non-hydrogen) atoms. The summed E-state index contributed by atoms with van der Waals surface area (Å²) in [6.45, 7) is 1.91. The van der Waals surface area contributed by atoms with Gasteiger partial charge >= 0.3 is 0 Å². The molecule has 2 atom stereocenters. The van der Waals surface area contributed by atoms with Crippen molar-refractivity contribution in [2.45, 2.75) is 18.5 Å². The minimum absolute atomic E-state index is 0.328. The maximum absolute atomic E-state index is 6.40. The Bertz CT molecular complexity index is 547. The van der Waals surface area contributed by atoms with Crippen molar-refractivity contribution in [1.29, 1.82) is 0 Å². The summed E-state index contributed by atoms with van der Waals surface area (Å²) in [7, 11) is 0. The average molecular weight is 295 g/mol. The molecule has 2 rings (SSSR count). The first-order chi connectivity index (χ1) is 8.91. The summed E-state index contributed by atoms with van der Waals surface area (Å²) in [6, 6.07) is 14.5. The molecule has 0 amide bonds. The smallest absolute Gasteiger partial charge is 0.0576 e. The average Bonchev–Trinajstić information content (AvgIpc) is 2.39. The van der Waals surface area contributed by atoms with Gasteiger partial charge in [0.2, 0.25) is 0 Å². The van der Waals surface area contributed by atoms with Gasteiger partial charge in [0.15, 0.2) is 0 Å². The number of halogens is 2. The van der Waals surface area contributed by atoms with Crippen LogP contribution in [0, 0.1) is 0 Å². The van der Waals surface area contributed by atoms with Gasteiger partial charge in [-0.2, -0.15) is 0 Å². The largest absolute Gasteiger partial charge is 0.322 e. The van der Waals surface area contributed by atoms with Crippen molar-refractivity contribution in [2.24, 2.45) is 11.5 Å². The second kappa shape index (κ2) is 5.51. The molecule has 0 fully saturated rings. The van der Waals surface area contributed by atoms with Gasteiger partial charge in [0.25, 0.3) is 0 Å². The number of rotatable bonds is 3. The molecule has 0 aliphatic heterocycles. The van der Waals surface area contributed by atoms with E-state index in [0.29, 0.717) is 10.0 Å². The summed E-state index contributed by atoms with van der Waals surface area (Å²) >= 11 is 11.8. The second-order valence-corrected chi connectivity index (χ2v) is 5.69. The third kappa shape index (κ3) is 3.10. The molecule has 0 saturated carbocycles. The van der Waals surface area contributed by atoms with Gasteiger partial charge in [-0.25, -0.2) is 0 Å². The van der Waals surface area contributed by atoms with E-state index in [1.807, 2.05) is 55.5 Å². The first-order valence-corrected chi connectivity index (χ1v) is 6.73. The lowest BCUT2D eigenvalue weighted by Crippen LogP contribution is -2.44. The molecular weight excluding hydrogens is 279 g/mol. The van der Waals surface area contributed by atoms with E-state index >= 15 is 0 Å². The minimum atomic E-state index is -0.682. The van der Waals surface area contributed by atoms with E-state index in [1.54, 1.807) is 0 Å². The number of benzene rings is 2. The molecule has 0 unspecified atom stereocenters. The quantitative estimate of drug-likeness (QED) is 0.903. The molecule has 0 aliphatic carbocycles. The van der Waals surface area contributed by atoms with Crippen LogP contribution < -0.4 is 11.5 Å². The Labute approximate surface area is 123 Å². The van der Waals surface area contributed by atoms with Crippen LogP contribution in [0.2, 0.25) is 10.0 Å². The van der Waals surface area contributed by atoms with Crippen molar-refractivity contribution >= 4 is 23.2 Å². The fraction of sp³-hybridized carbons (Fsp3) is 0.200. The zero-order valence-electron chi connectivity index (χ0n) is 10.6. The lowest BCUT2D eigenvalue weighted by Gasteiger charge is -2.32. The van der Waals surface area contributed by atoms with Gasteiger partial charge in [-0.1, -0.05) is 47.5 Å². The standard InChI is InChI=1S/C15H16Cl2N2/c1-15(19,11-4-8-13(17)9-5-11)14(18)10-2-6-12(16)7-3-10/h2-9,14H,18-19H2,1H3/t14-,15+/m1/s1. The Balaban J connectivity index is 2.32. The first-order valence-electron chi connectivity index (χ1n) is 5.97. The number of hydrogen-bond donors (Lipinski definition) is 2. The maximum atomic E-state index is 6.40. The van der Waals surface area contributed by atoms with E-state index in [1.165, 1.54) is 0 Å². The number of hydrogen-bond acceptors (Lipinski definition) is 2. The summed E-state index contributed by atoms with van der Waals surface area (Å²) in [4.78, 5) is 0. The van der Waals surface area contributed by atoms with Gasteiger partial charge in [0.1, 0.15) is 0 Å². The lowest BCUT2D eigenvalue weighted by atomic mass is 9.82. The van der Waals surface area contributed by atoms with Crippen LogP contribution in [0.3, 0.4) is 0 Å². The predicted octanol–water partition coefficient (Wildman–Crippen LogP) is 3.87. The molecule has 0 heterocycles. The summed E-state index contributed by atoms with van der Waals surface area (Å²) in [6.07, 6.45) is 0. The molecule has 0 spiro atoms. The Hall–Kier alpha value is -1.06. The van der Waals surface area contributed by atoms with E-state index in [0.717, 1.165) is 11.1 Å². The third-order valence-electron chi connectivity index (χ3n) is 3.34. The van der Waals surface area contributed by atoms with E-state index in [4.69, 9.17) is 34.7 Å². The molecule has 100 valence electrons. The highest BCUT2D eigenvalue weighted by Gasteiger charge is 2.30. The topological polar surface area (TPSA) is 52.0 Å². The van der Waals surface area contributed by atoms with Crippen LogP contribution in [0.4, 0.5) is 0 Å². The molecule has 0 bridgehead atoms. The van der Waals surface area contributed by atoms with Crippen LogP contribution in [0.15, 0.2) is 48.5 Å². The van der Waals surface area contributed by atoms with Crippen LogP contribution in [0.1, 0.15) is 24.1 Å². The molecule has 0 saturated heterocycles. The highest BCUT2D eigenvalue weighted by atomic mass is 35.5. The molecule has 2 aromatic rings.